The van der Waals surface area contributed by atoms with E-state index >= 15 is 0 Å². The Kier molecular flexibility index (Phi) is 9.13. The van der Waals surface area contributed by atoms with Crippen molar-refractivity contribution in [3.05, 3.63) is 231 Å². The molecule has 0 amide bonds. The summed E-state index contributed by atoms with van der Waals surface area (Å²) in [6, 6.07) is 64.1. The molecule has 1 heteroatoms. The zero-order valence-electron chi connectivity index (χ0n) is 41.0. The van der Waals surface area contributed by atoms with Crippen molar-refractivity contribution in [1.29, 1.82) is 0 Å². The van der Waals surface area contributed by atoms with Gasteiger partial charge in [0.15, 0.2) is 0 Å². The van der Waals surface area contributed by atoms with Crippen LogP contribution in [0.2, 0.25) is 0 Å². The van der Waals surface area contributed by atoms with Crippen molar-refractivity contribution < 1.29 is 0 Å². The Balaban J connectivity index is 1.28. The molecule has 3 aliphatic rings. The zero-order valence-corrected chi connectivity index (χ0v) is 41.0. The first-order valence-corrected chi connectivity index (χ1v) is 24.1. The number of aryl methyl sites for hydroxylation is 2. The highest BCUT2D eigenvalue weighted by atomic mass is 15.1. The first kappa shape index (κ1) is 42.2. The lowest BCUT2D eigenvalue weighted by atomic mass is 9.66. The normalized spacial score (nSPS) is 15.6. The predicted molar refractivity (Wildman–Crippen MR) is 280 cm³/mol. The van der Waals surface area contributed by atoms with Crippen LogP contribution in [0.1, 0.15) is 136 Å². The summed E-state index contributed by atoms with van der Waals surface area (Å²) in [7, 11) is 0. The van der Waals surface area contributed by atoms with Crippen LogP contribution < -0.4 is 4.90 Å². The molecule has 0 unspecified atom stereocenters. The molecule has 66 heavy (non-hydrogen) atoms. The highest BCUT2D eigenvalue weighted by Crippen LogP contribution is 2.62. The van der Waals surface area contributed by atoms with Crippen molar-refractivity contribution in [2.45, 2.75) is 110 Å². The molecule has 0 N–H and O–H groups in total. The molecule has 0 fully saturated rings. The van der Waals surface area contributed by atoms with E-state index in [2.05, 4.69) is 252 Å². The summed E-state index contributed by atoms with van der Waals surface area (Å²) < 4.78 is 0. The van der Waals surface area contributed by atoms with E-state index in [1.807, 2.05) is 0 Å². The molecule has 0 heterocycles. The fourth-order valence-corrected chi connectivity index (χ4v) is 12.0. The van der Waals surface area contributed by atoms with Gasteiger partial charge in [-0.05, 0) is 138 Å². The topological polar surface area (TPSA) is 3.24 Å². The van der Waals surface area contributed by atoms with Gasteiger partial charge in [0.2, 0.25) is 0 Å². The fraction of sp³-hybridized carbons (Fsp3) is 0.262. The van der Waals surface area contributed by atoms with Gasteiger partial charge < -0.3 is 4.90 Å². The minimum atomic E-state index is -0.585. The third-order valence-electron chi connectivity index (χ3n) is 15.8. The molecule has 0 radical (unpaired) electrons. The summed E-state index contributed by atoms with van der Waals surface area (Å²) >= 11 is 0. The molecule has 328 valence electrons. The largest absolute Gasteiger partial charge is 0.310 e. The van der Waals surface area contributed by atoms with E-state index in [1.54, 1.807) is 0 Å². The highest BCUT2D eigenvalue weighted by Gasteiger charge is 2.49. The lowest BCUT2D eigenvalue weighted by Crippen LogP contribution is -2.30. The molecular formula is C65H63N. The maximum absolute atomic E-state index is 2.63. The van der Waals surface area contributed by atoms with E-state index in [4.69, 9.17) is 0 Å². The van der Waals surface area contributed by atoms with E-state index in [1.165, 1.54) is 117 Å². The van der Waals surface area contributed by atoms with Crippen LogP contribution in [0.25, 0.3) is 33.4 Å². The number of nitrogens with zero attached hydrogens (tertiary/aromatic N) is 1. The monoisotopic (exact) mass is 857 g/mol. The minimum Gasteiger partial charge on any atom is -0.310 e. The smallest absolute Gasteiger partial charge is 0.0714 e. The van der Waals surface area contributed by atoms with Crippen LogP contribution in [-0.4, -0.2) is 0 Å². The fourth-order valence-electron chi connectivity index (χ4n) is 12.0. The lowest BCUT2D eigenvalue weighted by molar-refractivity contribution is 0.586. The number of benzene rings is 8. The van der Waals surface area contributed by atoms with Gasteiger partial charge in [0.25, 0.3) is 0 Å². The van der Waals surface area contributed by atoms with Crippen LogP contribution in [0.4, 0.5) is 17.1 Å². The average molecular weight is 858 g/mol. The Morgan fingerprint density at radius 1 is 0.364 bits per heavy atom. The van der Waals surface area contributed by atoms with E-state index in [-0.39, 0.29) is 21.7 Å². The quantitative estimate of drug-likeness (QED) is 0.167. The SMILES string of the molecule is Cc1ccc(C2(c3ccc(C)cc3)c3cc(C(C)(C)C)ccc3-c3c(N(c4ccc5c(c4)C(C)(C)c4ccccc4-5)c4ccc5c(c4)C(C)(C)c4ccccc4-5)cc(C(C)(C)C)cc32)cc1. The van der Waals surface area contributed by atoms with Gasteiger partial charge in [-0.1, -0.05) is 214 Å². The Labute approximate surface area is 394 Å². The molecule has 1 nitrogen and oxygen atoms in total. The van der Waals surface area contributed by atoms with Crippen LogP contribution >= 0.6 is 0 Å². The first-order chi connectivity index (χ1) is 31.3. The van der Waals surface area contributed by atoms with Crippen molar-refractivity contribution in [3.8, 4) is 33.4 Å². The molecule has 0 bridgehead atoms. The van der Waals surface area contributed by atoms with Gasteiger partial charge in [0.05, 0.1) is 11.1 Å². The summed E-state index contributed by atoms with van der Waals surface area (Å²) in [5.41, 5.74) is 26.3. The summed E-state index contributed by atoms with van der Waals surface area (Å²) in [5.74, 6) is 0. The van der Waals surface area contributed by atoms with Gasteiger partial charge >= 0.3 is 0 Å². The molecule has 3 aliphatic carbocycles. The lowest BCUT2D eigenvalue weighted by Gasteiger charge is -2.37. The van der Waals surface area contributed by atoms with Gasteiger partial charge in [0.1, 0.15) is 0 Å². The third-order valence-corrected chi connectivity index (χ3v) is 15.8. The number of hydrogen-bond donors (Lipinski definition) is 0. The van der Waals surface area contributed by atoms with Gasteiger partial charge in [-0.15, -0.1) is 0 Å². The molecular weight excluding hydrogens is 795 g/mol. The van der Waals surface area contributed by atoms with E-state index in [9.17, 15) is 0 Å². The Bertz CT molecular complexity index is 3110. The summed E-state index contributed by atoms with van der Waals surface area (Å²) in [5, 5.41) is 0. The number of rotatable bonds is 5. The molecule has 0 saturated heterocycles. The van der Waals surface area contributed by atoms with Gasteiger partial charge in [0, 0.05) is 27.8 Å². The van der Waals surface area contributed by atoms with Crippen LogP contribution in [-0.2, 0) is 27.1 Å². The van der Waals surface area contributed by atoms with Crippen LogP contribution in [0.5, 0.6) is 0 Å². The average Bonchev–Trinajstić information content (AvgIpc) is 3.81. The van der Waals surface area contributed by atoms with Crippen molar-refractivity contribution in [2.24, 2.45) is 0 Å². The molecule has 8 aromatic carbocycles. The number of fused-ring (bicyclic) bond motifs is 9. The third kappa shape index (κ3) is 6.04. The molecule has 0 aliphatic heterocycles. The molecule has 0 aromatic heterocycles. The molecule has 0 atom stereocenters. The van der Waals surface area contributed by atoms with Crippen molar-refractivity contribution >= 4 is 17.1 Å². The number of hydrogen-bond acceptors (Lipinski definition) is 1. The van der Waals surface area contributed by atoms with E-state index < -0.39 is 5.41 Å². The van der Waals surface area contributed by atoms with Crippen LogP contribution in [0, 0.1) is 13.8 Å². The van der Waals surface area contributed by atoms with Gasteiger partial charge in [-0.2, -0.15) is 0 Å². The summed E-state index contributed by atoms with van der Waals surface area (Å²) in [6.45, 7) is 28.2. The van der Waals surface area contributed by atoms with Crippen molar-refractivity contribution in [2.75, 3.05) is 4.90 Å². The number of anilines is 3. The van der Waals surface area contributed by atoms with Crippen molar-refractivity contribution in [3.63, 3.8) is 0 Å². The van der Waals surface area contributed by atoms with Gasteiger partial charge in [-0.25, -0.2) is 0 Å². The Hall–Kier alpha value is -6.44. The Morgan fingerprint density at radius 2 is 0.788 bits per heavy atom. The second-order valence-electron chi connectivity index (χ2n) is 22.8. The molecule has 8 aromatic rings. The van der Waals surface area contributed by atoms with E-state index in [0.29, 0.717) is 0 Å². The minimum absolute atomic E-state index is 0.0505. The van der Waals surface area contributed by atoms with E-state index in [0.717, 1.165) is 0 Å². The summed E-state index contributed by atoms with van der Waals surface area (Å²) in [4.78, 5) is 2.63. The zero-order chi connectivity index (χ0) is 46.3. The van der Waals surface area contributed by atoms with Crippen LogP contribution in [0.15, 0.2) is 164 Å². The van der Waals surface area contributed by atoms with Crippen LogP contribution in [0.3, 0.4) is 0 Å². The highest BCUT2D eigenvalue weighted by molar-refractivity contribution is 5.99. The van der Waals surface area contributed by atoms with Crippen molar-refractivity contribution in [1.82, 2.24) is 0 Å². The second-order valence-corrected chi connectivity index (χ2v) is 22.8. The molecule has 0 spiro atoms. The maximum atomic E-state index is 2.63. The predicted octanol–water partition coefficient (Wildman–Crippen LogP) is 17.3. The van der Waals surface area contributed by atoms with Gasteiger partial charge in [-0.3, -0.25) is 0 Å². The molecule has 11 rings (SSSR count). The Morgan fingerprint density at radius 3 is 1.26 bits per heavy atom. The second kappa shape index (κ2) is 14.3. The molecule has 0 saturated carbocycles. The first-order valence-electron chi connectivity index (χ1n) is 24.1. The maximum Gasteiger partial charge on any atom is 0.0714 e. The standard InChI is InChI=1S/C65H63N/c1-40-21-25-42(26-22-40)65(43-27-23-41(2)24-28-43)57-35-44(61(3,4)5)29-32-52(57)60-58(65)36-45(62(6,7)8)37-59(60)66(46-30-33-50-48-17-13-15-19-53(48)63(9,10)55(50)38-46)47-31-34-51-49-18-14-16-20-54(49)64(11,12)56(51)39-47/h13-39H,1-12H3. The summed E-state index contributed by atoms with van der Waals surface area (Å²) in [6.07, 6.45) is 0.